The summed E-state index contributed by atoms with van der Waals surface area (Å²) < 4.78 is 48.4. The molecule has 0 aromatic carbocycles. The topological polar surface area (TPSA) is 142 Å². The lowest BCUT2D eigenvalue weighted by Gasteiger charge is -2.26. The Balaban J connectivity index is 1.19. The number of hydrogen-bond donors (Lipinski definition) is 0. The number of fused-ring (bicyclic) bond motifs is 8. The Labute approximate surface area is 309 Å². The summed E-state index contributed by atoms with van der Waals surface area (Å²) in [4.78, 5) is 52.4. The van der Waals surface area contributed by atoms with E-state index in [1.807, 2.05) is 55.4 Å². The second-order valence-electron chi connectivity index (χ2n) is 16.6. The van der Waals surface area contributed by atoms with Gasteiger partial charge in [-0.1, -0.05) is 0 Å². The lowest BCUT2D eigenvalue weighted by molar-refractivity contribution is -0.161. The van der Waals surface area contributed by atoms with E-state index in [2.05, 4.69) is 0 Å². The molecule has 12 heteroatoms. The van der Waals surface area contributed by atoms with E-state index in [0.29, 0.717) is 25.7 Å². The van der Waals surface area contributed by atoms with Crippen LogP contribution in [0.25, 0.3) is 0 Å². The molecule has 5 aliphatic heterocycles. The number of cyclic esters (lactones) is 4. The van der Waals surface area contributed by atoms with Gasteiger partial charge in [-0.25, -0.2) is 0 Å². The van der Waals surface area contributed by atoms with Crippen LogP contribution in [0.15, 0.2) is 0 Å². The average Bonchev–Trinajstić information content (AvgIpc) is 3.91. The molecule has 52 heavy (non-hydrogen) atoms. The Morgan fingerprint density at radius 1 is 0.327 bits per heavy atom. The van der Waals surface area contributed by atoms with Crippen molar-refractivity contribution in [3.8, 4) is 0 Å². The van der Waals surface area contributed by atoms with Gasteiger partial charge in [-0.15, -0.1) is 0 Å². The minimum atomic E-state index is -0.434. The van der Waals surface area contributed by atoms with Crippen LogP contribution >= 0.6 is 0 Å². The lowest BCUT2D eigenvalue weighted by atomic mass is 10.00. The maximum absolute atomic E-state index is 13.1. The molecule has 0 unspecified atom stereocenters. The standard InChI is InChI=1S/C40H64O12/c1-21-17-29-9-13-34(49-29)26(6)38(42)46-23(3)19-31-11-15-36(51-31)28(8)40(44)48-24(4)20-32-12-16-35(52-32)27(7)39(43)47-22(2)18-30-10-14-33(50-30)25(5)37(41)45-21/h21-36H,9-20H2,1-8H3/t21-,22-,23-,24-,25+,26+,27+,28+,29-,30-,31-,32-,33+,34+,35+,36+/m1/s1. The van der Waals surface area contributed by atoms with Crippen molar-refractivity contribution in [1.82, 2.24) is 0 Å². The van der Waals surface area contributed by atoms with Crippen molar-refractivity contribution in [3.63, 3.8) is 0 Å². The first-order chi connectivity index (χ1) is 24.7. The fourth-order valence-electron chi connectivity index (χ4n) is 8.60. The predicted molar refractivity (Wildman–Crippen MR) is 189 cm³/mol. The van der Waals surface area contributed by atoms with Crippen molar-refractivity contribution in [2.24, 2.45) is 23.7 Å². The molecule has 8 bridgehead atoms. The number of ether oxygens (including phenoxy) is 8. The molecular weight excluding hydrogens is 672 g/mol. The summed E-state index contributed by atoms with van der Waals surface area (Å²) in [5, 5.41) is 0. The highest BCUT2D eigenvalue weighted by Crippen LogP contribution is 2.34. The molecule has 0 N–H and O–H groups in total. The number of rotatable bonds is 0. The largest absolute Gasteiger partial charge is 0.462 e. The highest BCUT2D eigenvalue weighted by atomic mass is 16.6. The summed E-state index contributed by atoms with van der Waals surface area (Å²) in [5.41, 5.74) is 0. The summed E-state index contributed by atoms with van der Waals surface area (Å²) in [5.74, 6) is -2.93. The maximum atomic E-state index is 13.1. The van der Waals surface area contributed by atoms with Gasteiger partial charge < -0.3 is 37.9 Å². The molecule has 0 radical (unpaired) electrons. The van der Waals surface area contributed by atoms with Gasteiger partial charge in [-0.2, -0.15) is 0 Å². The van der Waals surface area contributed by atoms with E-state index in [-0.39, 0.29) is 97.1 Å². The predicted octanol–water partition coefficient (Wildman–Crippen LogP) is 6.02. The summed E-state index contributed by atoms with van der Waals surface area (Å²) in [6, 6.07) is 0. The van der Waals surface area contributed by atoms with E-state index in [4.69, 9.17) is 37.9 Å². The third kappa shape index (κ3) is 10.9. The fraction of sp³-hybridized carbons (Fsp3) is 0.900. The van der Waals surface area contributed by atoms with Crippen LogP contribution < -0.4 is 0 Å². The SMILES string of the molecule is C[C@@H]1C[C@H]2CC[C@H](O2)[C@H](C)C(=O)O[C@H](C)C[C@H]2CC[C@H](O2)[C@H](C)C(=O)O[C@H](C)C[C@H]2CC[C@H](O2)[C@H](C)C(=O)O[C@H](C)C[C@H]2CC[C@H](O2)[C@H](C)C(=O)O1. The average molecular weight is 737 g/mol. The van der Waals surface area contributed by atoms with Gasteiger partial charge >= 0.3 is 23.9 Å². The van der Waals surface area contributed by atoms with Crippen molar-refractivity contribution in [2.75, 3.05) is 0 Å². The summed E-state index contributed by atoms with van der Waals surface area (Å²) in [6.45, 7) is 14.9. The van der Waals surface area contributed by atoms with Crippen LogP contribution in [-0.2, 0) is 57.1 Å². The molecule has 5 saturated heterocycles. The zero-order valence-electron chi connectivity index (χ0n) is 32.6. The molecule has 0 aromatic heterocycles. The van der Waals surface area contributed by atoms with Crippen LogP contribution in [0.3, 0.4) is 0 Å². The van der Waals surface area contributed by atoms with Crippen LogP contribution in [0.5, 0.6) is 0 Å². The Bertz CT molecular complexity index is 1040. The third-order valence-corrected chi connectivity index (χ3v) is 11.9. The fourth-order valence-corrected chi connectivity index (χ4v) is 8.60. The maximum Gasteiger partial charge on any atom is 0.311 e. The Hall–Kier alpha value is -2.28. The monoisotopic (exact) mass is 736 g/mol. The van der Waals surface area contributed by atoms with Crippen molar-refractivity contribution in [2.45, 2.75) is 206 Å². The molecule has 16 atom stereocenters. The molecule has 0 aromatic rings. The Morgan fingerprint density at radius 3 is 0.712 bits per heavy atom. The summed E-state index contributed by atoms with van der Waals surface area (Å²) in [7, 11) is 0. The van der Waals surface area contributed by atoms with Crippen molar-refractivity contribution < 1.29 is 57.1 Å². The Kier molecular flexibility index (Phi) is 14.4. The normalized spacial score (nSPS) is 45.2. The highest BCUT2D eigenvalue weighted by Gasteiger charge is 2.41. The van der Waals surface area contributed by atoms with Gasteiger partial charge in [0.15, 0.2) is 0 Å². The number of carbonyl (C=O) groups excluding carboxylic acids is 4. The number of hydrogen-bond acceptors (Lipinski definition) is 12. The first kappa shape index (κ1) is 40.9. The minimum absolute atomic E-state index is 0.119. The van der Waals surface area contributed by atoms with Gasteiger partial charge in [0.05, 0.1) is 72.5 Å². The molecule has 5 fully saturated rings. The smallest absolute Gasteiger partial charge is 0.311 e. The molecular formula is C40H64O12. The van der Waals surface area contributed by atoms with Crippen molar-refractivity contribution in [3.05, 3.63) is 0 Å². The zero-order valence-corrected chi connectivity index (χ0v) is 32.6. The van der Waals surface area contributed by atoms with Gasteiger partial charge in [-0.05, 0) is 107 Å². The second kappa shape index (κ2) is 18.4. The van der Waals surface area contributed by atoms with Gasteiger partial charge in [0.2, 0.25) is 0 Å². The van der Waals surface area contributed by atoms with E-state index in [1.165, 1.54) is 0 Å². The molecule has 5 heterocycles. The zero-order chi connectivity index (χ0) is 37.7. The minimum Gasteiger partial charge on any atom is -0.462 e. The molecule has 5 aliphatic rings. The van der Waals surface area contributed by atoms with E-state index >= 15 is 0 Å². The Morgan fingerprint density at radius 2 is 0.519 bits per heavy atom. The summed E-state index contributed by atoms with van der Waals surface area (Å²) in [6.07, 6.45) is 5.22. The quantitative estimate of drug-likeness (QED) is 0.212. The van der Waals surface area contributed by atoms with Crippen LogP contribution in [0.2, 0.25) is 0 Å². The lowest BCUT2D eigenvalue weighted by Crippen LogP contribution is -2.34. The number of esters is 4. The summed E-state index contributed by atoms with van der Waals surface area (Å²) >= 11 is 0. The molecule has 12 nitrogen and oxygen atoms in total. The van der Waals surface area contributed by atoms with Crippen LogP contribution in [0, 0.1) is 23.7 Å². The van der Waals surface area contributed by atoms with E-state index in [0.717, 1.165) is 51.4 Å². The highest BCUT2D eigenvalue weighted by molar-refractivity contribution is 5.74. The first-order valence-electron chi connectivity index (χ1n) is 20.1. The van der Waals surface area contributed by atoms with Gasteiger partial charge in [0.25, 0.3) is 0 Å². The molecule has 0 amide bonds. The van der Waals surface area contributed by atoms with Crippen molar-refractivity contribution >= 4 is 23.9 Å². The van der Waals surface area contributed by atoms with Crippen LogP contribution in [-0.4, -0.2) is 97.1 Å². The molecule has 0 spiro atoms. The van der Waals surface area contributed by atoms with Gasteiger partial charge in [0, 0.05) is 25.7 Å². The van der Waals surface area contributed by atoms with Crippen molar-refractivity contribution in [1.29, 1.82) is 0 Å². The van der Waals surface area contributed by atoms with Crippen LogP contribution in [0.1, 0.15) is 132 Å². The molecule has 296 valence electrons. The van der Waals surface area contributed by atoms with E-state index < -0.39 is 23.7 Å². The van der Waals surface area contributed by atoms with Gasteiger partial charge in [0.1, 0.15) is 24.4 Å². The number of carbonyl (C=O) groups is 4. The third-order valence-electron chi connectivity index (χ3n) is 11.9. The molecule has 5 rings (SSSR count). The van der Waals surface area contributed by atoms with E-state index in [1.54, 1.807) is 0 Å². The first-order valence-corrected chi connectivity index (χ1v) is 20.1. The van der Waals surface area contributed by atoms with Gasteiger partial charge in [-0.3, -0.25) is 19.2 Å². The molecule has 0 saturated carbocycles. The second-order valence-corrected chi connectivity index (χ2v) is 16.6. The van der Waals surface area contributed by atoms with Crippen LogP contribution in [0.4, 0.5) is 0 Å². The van der Waals surface area contributed by atoms with E-state index in [9.17, 15) is 19.2 Å². The molecule has 0 aliphatic carbocycles.